The number of pyridine rings is 1. The number of nitrogens with zero attached hydrogens (tertiary/aromatic N) is 3. The van der Waals surface area contributed by atoms with Gasteiger partial charge in [0, 0.05) is 24.6 Å². The van der Waals surface area contributed by atoms with Crippen LogP contribution in [0.2, 0.25) is 0 Å². The Bertz CT molecular complexity index is 1450. The molecule has 2 amide bonds. The quantitative estimate of drug-likeness (QED) is 0.262. The summed E-state index contributed by atoms with van der Waals surface area (Å²) in [6.45, 7) is 0.100. The van der Waals surface area contributed by atoms with Crippen LogP contribution >= 0.6 is 11.3 Å². The minimum Gasteiger partial charge on any atom is -0.346 e. The number of hydrogen-bond donors (Lipinski definition) is 3. The van der Waals surface area contributed by atoms with Gasteiger partial charge in [0.25, 0.3) is 0 Å². The van der Waals surface area contributed by atoms with Gasteiger partial charge in [0.2, 0.25) is 0 Å². The number of thiazole rings is 1. The Labute approximate surface area is 201 Å². The Hall–Kier alpha value is -3.95. The highest BCUT2D eigenvalue weighted by molar-refractivity contribution is 7.16. The molecule has 12 heteroatoms. The number of nitrogens with one attached hydrogen (secondary N) is 3. The van der Waals surface area contributed by atoms with E-state index in [2.05, 4.69) is 37.4 Å². The highest BCUT2D eigenvalue weighted by atomic mass is 32.1. The van der Waals surface area contributed by atoms with Crippen molar-refractivity contribution in [2.45, 2.75) is 12.7 Å². The maximum absolute atomic E-state index is 14.5. The first-order valence-corrected chi connectivity index (χ1v) is 10.9. The van der Waals surface area contributed by atoms with Crippen LogP contribution in [0.15, 0.2) is 42.9 Å². The zero-order valence-electron chi connectivity index (χ0n) is 18.4. The first-order chi connectivity index (χ1) is 16.6. The Morgan fingerprint density at radius 3 is 2.69 bits per heavy atom. The average Bonchev–Trinajstić information content (AvgIpc) is 3.43. The van der Waals surface area contributed by atoms with Gasteiger partial charge in [-0.3, -0.25) is 5.32 Å². The molecule has 3 N–H and O–H groups in total. The first-order valence-electron chi connectivity index (χ1n) is 10.1. The largest absolute Gasteiger partial charge is 0.416 e. The maximum atomic E-state index is 14.5. The van der Waals surface area contributed by atoms with Crippen LogP contribution in [0.5, 0.6) is 0 Å². The lowest BCUT2D eigenvalue weighted by Gasteiger charge is -2.17. The van der Waals surface area contributed by atoms with Gasteiger partial charge in [0.1, 0.15) is 5.65 Å². The maximum Gasteiger partial charge on any atom is 0.416 e. The summed E-state index contributed by atoms with van der Waals surface area (Å²) >= 11 is 1.03. The molecular formula is C23H18F4N6OS. The summed E-state index contributed by atoms with van der Waals surface area (Å²) in [5, 5.41) is 5.33. The van der Waals surface area contributed by atoms with Gasteiger partial charge in [-0.1, -0.05) is 23.3 Å². The smallest absolute Gasteiger partial charge is 0.346 e. The van der Waals surface area contributed by atoms with E-state index in [0.29, 0.717) is 15.9 Å². The third-order valence-corrected chi connectivity index (χ3v) is 5.56. The van der Waals surface area contributed by atoms with Crippen LogP contribution in [-0.2, 0) is 12.7 Å². The van der Waals surface area contributed by atoms with Crippen molar-refractivity contribution in [3.05, 3.63) is 70.2 Å². The lowest BCUT2D eigenvalue weighted by molar-refractivity contribution is -0.138. The molecule has 0 aliphatic carbocycles. The molecule has 7 nitrogen and oxygen atoms in total. The molecule has 0 fully saturated rings. The molecule has 0 aliphatic heterocycles. The summed E-state index contributed by atoms with van der Waals surface area (Å²) in [5.74, 6) is 4.95. The van der Waals surface area contributed by atoms with Crippen molar-refractivity contribution >= 4 is 39.2 Å². The van der Waals surface area contributed by atoms with Crippen molar-refractivity contribution in [1.29, 1.82) is 0 Å². The number of alkyl halides is 3. The highest BCUT2D eigenvalue weighted by Gasteiger charge is 2.33. The summed E-state index contributed by atoms with van der Waals surface area (Å²) in [4.78, 5) is 25.3. The van der Waals surface area contributed by atoms with Gasteiger partial charge in [-0.2, -0.15) is 13.2 Å². The predicted octanol–water partition coefficient (Wildman–Crippen LogP) is 5.28. The van der Waals surface area contributed by atoms with E-state index in [1.54, 1.807) is 31.3 Å². The summed E-state index contributed by atoms with van der Waals surface area (Å²) in [6, 6.07) is 4.41. The third-order valence-electron chi connectivity index (χ3n) is 4.73. The second-order valence-electron chi connectivity index (χ2n) is 7.69. The molecule has 0 unspecified atom stereocenters. The summed E-state index contributed by atoms with van der Waals surface area (Å²) in [6.07, 6.45) is -0.283. The van der Waals surface area contributed by atoms with E-state index in [-0.39, 0.29) is 28.5 Å². The molecule has 0 aliphatic rings. The number of rotatable bonds is 4. The van der Waals surface area contributed by atoms with E-state index in [1.807, 2.05) is 0 Å². The molecular weight excluding hydrogens is 484 g/mol. The molecule has 3 aromatic heterocycles. The van der Waals surface area contributed by atoms with Gasteiger partial charge in [-0.15, -0.1) is 0 Å². The van der Waals surface area contributed by atoms with Crippen LogP contribution in [0, 0.1) is 17.7 Å². The molecule has 1 aromatic carbocycles. The predicted molar refractivity (Wildman–Crippen MR) is 126 cm³/mol. The SMILES string of the molecule is CN(C)Cc1ccc(NC(=O)Nc2ncc(C#Cc3cnc4[nH]ccc4c3F)s2)cc1C(F)(F)F. The molecule has 3 heterocycles. The van der Waals surface area contributed by atoms with Gasteiger partial charge >= 0.3 is 12.2 Å². The third kappa shape index (κ3) is 5.76. The van der Waals surface area contributed by atoms with E-state index in [4.69, 9.17) is 0 Å². The van der Waals surface area contributed by atoms with Crippen molar-refractivity contribution in [3.8, 4) is 11.8 Å². The number of anilines is 2. The topological polar surface area (TPSA) is 85.9 Å². The van der Waals surface area contributed by atoms with Crippen molar-refractivity contribution in [2.75, 3.05) is 24.7 Å². The standard InChI is InChI=1S/C23H18F4N6OS/c1-33(2)12-14-3-5-15(9-18(14)23(25,26)27)31-21(34)32-22-30-11-16(35-22)6-4-13-10-29-20-17(19(13)24)7-8-28-20/h3,5,7-11H,12H2,1-2H3,(H,28,29)(H2,30,31,32,34). The van der Waals surface area contributed by atoms with Gasteiger partial charge in [0.15, 0.2) is 10.9 Å². The Balaban J connectivity index is 1.44. The number of fused-ring (bicyclic) bond motifs is 1. The average molecular weight is 502 g/mol. The number of hydrogen-bond acceptors (Lipinski definition) is 5. The molecule has 0 saturated heterocycles. The Morgan fingerprint density at radius 2 is 1.94 bits per heavy atom. The van der Waals surface area contributed by atoms with Crippen LogP contribution in [0.4, 0.5) is 33.2 Å². The second-order valence-corrected chi connectivity index (χ2v) is 8.72. The van der Waals surface area contributed by atoms with Gasteiger partial charge in [-0.25, -0.2) is 19.2 Å². The normalized spacial score (nSPS) is 11.4. The van der Waals surface area contributed by atoms with E-state index in [0.717, 1.165) is 17.4 Å². The van der Waals surface area contributed by atoms with E-state index in [9.17, 15) is 22.4 Å². The zero-order chi connectivity index (χ0) is 25.2. The number of urea groups is 1. The molecule has 0 bridgehead atoms. The minimum atomic E-state index is -4.57. The highest BCUT2D eigenvalue weighted by Crippen LogP contribution is 2.34. The van der Waals surface area contributed by atoms with Crippen LogP contribution in [-0.4, -0.2) is 40.0 Å². The fourth-order valence-electron chi connectivity index (χ4n) is 3.24. The molecule has 0 radical (unpaired) electrons. The minimum absolute atomic E-state index is 0.0166. The number of benzene rings is 1. The molecule has 0 atom stereocenters. The van der Waals surface area contributed by atoms with E-state index >= 15 is 0 Å². The number of amides is 2. The Kier molecular flexibility index (Phi) is 6.72. The van der Waals surface area contributed by atoms with Crippen LogP contribution in [0.1, 0.15) is 21.6 Å². The van der Waals surface area contributed by atoms with Crippen molar-refractivity contribution < 1.29 is 22.4 Å². The zero-order valence-corrected chi connectivity index (χ0v) is 19.2. The summed E-state index contributed by atoms with van der Waals surface area (Å²) < 4.78 is 54.8. The second kappa shape index (κ2) is 9.73. The number of carbonyl (C=O) groups excluding carboxylic acids is 1. The molecule has 4 aromatic rings. The first kappa shape index (κ1) is 24.2. The van der Waals surface area contributed by atoms with Crippen molar-refractivity contribution in [3.63, 3.8) is 0 Å². The van der Waals surface area contributed by atoms with E-state index in [1.165, 1.54) is 24.5 Å². The van der Waals surface area contributed by atoms with Crippen LogP contribution < -0.4 is 10.6 Å². The molecule has 180 valence electrons. The fourth-order valence-corrected chi connectivity index (χ4v) is 3.90. The Morgan fingerprint density at radius 1 is 1.14 bits per heavy atom. The van der Waals surface area contributed by atoms with Gasteiger partial charge in [0.05, 0.1) is 27.6 Å². The fraction of sp³-hybridized carbons (Fsp3) is 0.174. The number of halogens is 4. The lowest BCUT2D eigenvalue weighted by Crippen LogP contribution is -2.21. The number of aromatic amines is 1. The van der Waals surface area contributed by atoms with Crippen molar-refractivity contribution in [1.82, 2.24) is 19.9 Å². The summed E-state index contributed by atoms with van der Waals surface area (Å²) in [5.41, 5.74) is -0.222. The van der Waals surface area contributed by atoms with Gasteiger partial charge in [-0.05, 0) is 43.8 Å². The number of carbonyl (C=O) groups is 1. The number of H-pyrrole nitrogens is 1. The van der Waals surface area contributed by atoms with Crippen LogP contribution in [0.3, 0.4) is 0 Å². The van der Waals surface area contributed by atoms with E-state index < -0.39 is 23.6 Å². The molecule has 0 spiro atoms. The monoisotopic (exact) mass is 502 g/mol. The molecule has 0 saturated carbocycles. The summed E-state index contributed by atoms with van der Waals surface area (Å²) in [7, 11) is 3.33. The lowest BCUT2D eigenvalue weighted by atomic mass is 10.1. The van der Waals surface area contributed by atoms with Gasteiger partial charge < -0.3 is 15.2 Å². The number of aromatic nitrogens is 3. The molecule has 35 heavy (non-hydrogen) atoms. The molecule has 4 rings (SSSR count). The van der Waals surface area contributed by atoms with Crippen LogP contribution in [0.25, 0.3) is 11.0 Å². The van der Waals surface area contributed by atoms with Crippen molar-refractivity contribution in [2.24, 2.45) is 0 Å².